The lowest BCUT2D eigenvalue weighted by Gasteiger charge is -2.34. The van der Waals surface area contributed by atoms with Crippen LogP contribution in [0.4, 0.5) is 0 Å². The number of amides is 1. The van der Waals surface area contributed by atoms with Gasteiger partial charge in [-0.2, -0.15) is 5.10 Å². The maximum atomic E-state index is 12.5. The minimum absolute atomic E-state index is 0.157. The molecule has 6 nitrogen and oxygen atoms in total. The van der Waals surface area contributed by atoms with Gasteiger partial charge in [-0.05, 0) is 31.1 Å². The van der Waals surface area contributed by atoms with Crippen LogP contribution in [0.1, 0.15) is 33.1 Å². The fourth-order valence-corrected chi connectivity index (χ4v) is 3.33. The molecule has 1 aliphatic heterocycles. The van der Waals surface area contributed by atoms with E-state index in [4.69, 9.17) is 0 Å². The number of carbonyl (C=O) groups is 1. The number of hydrogen-bond acceptors (Lipinski definition) is 4. The molecule has 2 fully saturated rings. The molecule has 1 saturated heterocycles. The largest absolute Gasteiger partial charge is 0.339 e. The zero-order chi connectivity index (χ0) is 15.5. The lowest BCUT2D eigenvalue weighted by Crippen LogP contribution is -2.47. The summed E-state index contributed by atoms with van der Waals surface area (Å²) in [5, 5.41) is 4.04. The van der Waals surface area contributed by atoms with Gasteiger partial charge < -0.3 is 4.90 Å². The average molecular weight is 305 g/mol. The first kappa shape index (κ1) is 15.5. The van der Waals surface area contributed by atoms with Crippen LogP contribution in [0.15, 0.2) is 12.7 Å². The van der Waals surface area contributed by atoms with Crippen molar-refractivity contribution in [1.29, 1.82) is 0 Å². The molecular weight excluding hydrogens is 278 g/mol. The van der Waals surface area contributed by atoms with E-state index in [0.717, 1.165) is 32.0 Å². The molecule has 1 aliphatic carbocycles. The van der Waals surface area contributed by atoms with Gasteiger partial charge in [0.1, 0.15) is 19.2 Å². The Morgan fingerprint density at radius 2 is 2.14 bits per heavy atom. The van der Waals surface area contributed by atoms with E-state index in [1.165, 1.54) is 25.7 Å². The minimum Gasteiger partial charge on any atom is -0.339 e. The highest BCUT2D eigenvalue weighted by atomic mass is 16.2. The lowest BCUT2D eigenvalue weighted by molar-refractivity contribution is -0.132. The van der Waals surface area contributed by atoms with E-state index >= 15 is 0 Å². The molecule has 22 heavy (non-hydrogen) atoms. The van der Waals surface area contributed by atoms with Gasteiger partial charge >= 0.3 is 0 Å². The summed E-state index contributed by atoms with van der Waals surface area (Å²) in [5.41, 5.74) is 0. The first-order valence-corrected chi connectivity index (χ1v) is 8.47. The predicted octanol–water partition coefficient (Wildman–Crippen LogP) is 1.25. The molecule has 122 valence electrons. The molecule has 3 rings (SSSR count). The number of rotatable bonds is 5. The molecule has 0 bridgehead atoms. The number of aromatic nitrogens is 3. The first-order valence-electron chi connectivity index (χ1n) is 8.47. The second-order valence-electron chi connectivity index (χ2n) is 7.04. The van der Waals surface area contributed by atoms with Gasteiger partial charge in [0, 0.05) is 32.2 Å². The molecule has 0 aromatic carbocycles. The van der Waals surface area contributed by atoms with Gasteiger partial charge in [0.05, 0.1) is 0 Å². The van der Waals surface area contributed by atoms with Crippen molar-refractivity contribution >= 4 is 5.91 Å². The zero-order valence-electron chi connectivity index (χ0n) is 13.7. The quantitative estimate of drug-likeness (QED) is 0.821. The highest BCUT2D eigenvalue weighted by Gasteiger charge is 2.33. The van der Waals surface area contributed by atoms with Crippen molar-refractivity contribution in [2.24, 2.45) is 11.8 Å². The standard InChI is InChI=1S/C16H27N5O/c1-13(2)15-9-20(16(22)10-21-12-17-11-18-21)7-3-6-19(15)8-14-4-5-14/h11-15H,3-10H2,1-2H3/t15-/m1/s1. The Kier molecular flexibility index (Phi) is 4.76. The van der Waals surface area contributed by atoms with Gasteiger partial charge in [0.15, 0.2) is 0 Å². The Hall–Kier alpha value is -1.43. The maximum absolute atomic E-state index is 12.5. The lowest BCUT2D eigenvalue weighted by atomic mass is 10.0. The molecule has 6 heteroatoms. The van der Waals surface area contributed by atoms with Crippen molar-refractivity contribution in [3.63, 3.8) is 0 Å². The van der Waals surface area contributed by atoms with Crippen molar-refractivity contribution in [3.8, 4) is 0 Å². The third-order valence-corrected chi connectivity index (χ3v) is 4.83. The third-order valence-electron chi connectivity index (χ3n) is 4.83. The van der Waals surface area contributed by atoms with Crippen molar-refractivity contribution in [1.82, 2.24) is 24.6 Å². The third kappa shape index (κ3) is 3.85. The van der Waals surface area contributed by atoms with Gasteiger partial charge in [-0.3, -0.25) is 9.69 Å². The van der Waals surface area contributed by atoms with Crippen LogP contribution in [0.3, 0.4) is 0 Å². The van der Waals surface area contributed by atoms with E-state index in [2.05, 4.69) is 28.8 Å². The van der Waals surface area contributed by atoms with Crippen molar-refractivity contribution in [3.05, 3.63) is 12.7 Å². The maximum Gasteiger partial charge on any atom is 0.244 e. The Morgan fingerprint density at radius 1 is 1.32 bits per heavy atom. The number of hydrogen-bond donors (Lipinski definition) is 0. The molecule has 0 unspecified atom stereocenters. The van der Waals surface area contributed by atoms with Crippen LogP contribution in [0.5, 0.6) is 0 Å². The predicted molar refractivity (Wildman–Crippen MR) is 84.1 cm³/mol. The van der Waals surface area contributed by atoms with Crippen molar-refractivity contribution in [2.75, 3.05) is 26.2 Å². The molecule has 0 N–H and O–H groups in total. The highest BCUT2D eigenvalue weighted by Crippen LogP contribution is 2.31. The zero-order valence-corrected chi connectivity index (χ0v) is 13.7. The number of carbonyl (C=O) groups excluding carboxylic acids is 1. The Morgan fingerprint density at radius 3 is 2.77 bits per heavy atom. The molecule has 0 spiro atoms. The van der Waals surface area contributed by atoms with E-state index in [9.17, 15) is 4.79 Å². The molecule has 1 aromatic heterocycles. The Labute approximate surface area is 132 Å². The van der Waals surface area contributed by atoms with Gasteiger partial charge in [-0.15, -0.1) is 0 Å². The summed E-state index contributed by atoms with van der Waals surface area (Å²) in [6.07, 6.45) is 6.92. The smallest absolute Gasteiger partial charge is 0.244 e. The van der Waals surface area contributed by atoms with Gasteiger partial charge in [-0.1, -0.05) is 13.8 Å². The van der Waals surface area contributed by atoms with Crippen LogP contribution in [-0.2, 0) is 11.3 Å². The van der Waals surface area contributed by atoms with Crippen molar-refractivity contribution < 1.29 is 4.79 Å². The molecule has 1 amide bonds. The van der Waals surface area contributed by atoms with E-state index in [-0.39, 0.29) is 5.91 Å². The summed E-state index contributed by atoms with van der Waals surface area (Å²) >= 11 is 0. The van der Waals surface area contributed by atoms with Crippen LogP contribution in [-0.4, -0.2) is 62.7 Å². The second-order valence-corrected chi connectivity index (χ2v) is 7.04. The van der Waals surface area contributed by atoms with Crippen LogP contribution >= 0.6 is 0 Å². The van der Waals surface area contributed by atoms with Crippen LogP contribution in [0.25, 0.3) is 0 Å². The molecule has 1 saturated carbocycles. The molecule has 1 aromatic rings. The second kappa shape index (κ2) is 6.77. The summed E-state index contributed by atoms with van der Waals surface area (Å²) in [6.45, 7) is 8.88. The van der Waals surface area contributed by atoms with Crippen LogP contribution in [0.2, 0.25) is 0 Å². The average Bonchev–Trinajstić information content (AvgIpc) is 3.20. The summed E-state index contributed by atoms with van der Waals surface area (Å²) in [4.78, 5) is 21.1. The van der Waals surface area contributed by atoms with Gasteiger partial charge in [0.25, 0.3) is 0 Å². The monoisotopic (exact) mass is 305 g/mol. The first-order chi connectivity index (χ1) is 10.6. The summed E-state index contributed by atoms with van der Waals surface area (Å²) in [7, 11) is 0. The fraction of sp³-hybridized carbons (Fsp3) is 0.812. The van der Waals surface area contributed by atoms with E-state index in [1.807, 2.05) is 4.90 Å². The molecule has 0 radical (unpaired) electrons. The van der Waals surface area contributed by atoms with E-state index in [1.54, 1.807) is 11.0 Å². The SMILES string of the molecule is CC(C)[C@H]1CN(C(=O)Cn2cncn2)CCCN1CC1CC1. The Bertz CT molecular complexity index is 483. The topological polar surface area (TPSA) is 54.3 Å². The summed E-state index contributed by atoms with van der Waals surface area (Å²) in [5.74, 6) is 1.63. The molecular formula is C16H27N5O. The molecule has 2 heterocycles. The van der Waals surface area contributed by atoms with Crippen LogP contribution in [0, 0.1) is 11.8 Å². The molecule has 1 atom stereocenters. The summed E-state index contributed by atoms with van der Waals surface area (Å²) in [6, 6.07) is 0.475. The van der Waals surface area contributed by atoms with Gasteiger partial charge in [0.2, 0.25) is 5.91 Å². The van der Waals surface area contributed by atoms with E-state index in [0.29, 0.717) is 18.5 Å². The Balaban J connectivity index is 1.63. The van der Waals surface area contributed by atoms with E-state index < -0.39 is 0 Å². The van der Waals surface area contributed by atoms with Crippen LogP contribution < -0.4 is 0 Å². The highest BCUT2D eigenvalue weighted by molar-refractivity contribution is 5.76. The summed E-state index contributed by atoms with van der Waals surface area (Å²) < 4.78 is 1.61. The fourth-order valence-electron chi connectivity index (χ4n) is 3.33. The number of nitrogens with zero attached hydrogens (tertiary/aromatic N) is 5. The normalized spacial score (nSPS) is 23.8. The minimum atomic E-state index is 0.157. The van der Waals surface area contributed by atoms with Gasteiger partial charge in [-0.25, -0.2) is 9.67 Å². The van der Waals surface area contributed by atoms with Crippen molar-refractivity contribution in [2.45, 2.75) is 45.7 Å². The molecule has 2 aliphatic rings.